The third kappa shape index (κ3) is 3.76. The van der Waals surface area contributed by atoms with E-state index in [-0.39, 0.29) is 12.8 Å². The maximum atomic E-state index is 12.6. The number of esters is 1. The van der Waals surface area contributed by atoms with Crippen molar-refractivity contribution in [2.75, 3.05) is 25.8 Å². The van der Waals surface area contributed by atoms with Gasteiger partial charge in [0, 0.05) is 11.9 Å². The minimum Gasteiger partial charge on any atom is -0.462 e. The summed E-state index contributed by atoms with van der Waals surface area (Å²) in [5, 5.41) is 7.09. The van der Waals surface area contributed by atoms with E-state index < -0.39 is 0 Å². The largest absolute Gasteiger partial charge is 0.462 e. The zero-order valence-corrected chi connectivity index (χ0v) is 16.4. The SMILES string of the molecule is CCOC(=O)c1c(NC(=S)NC)sc(C)c1Cc1ccc2c(c1)OCO2. The van der Waals surface area contributed by atoms with Gasteiger partial charge in [0.25, 0.3) is 0 Å². The molecule has 138 valence electrons. The van der Waals surface area contributed by atoms with E-state index in [0.29, 0.717) is 28.7 Å². The molecular formula is C18H20N2O4S2. The molecule has 0 unspecified atom stereocenters. The zero-order valence-electron chi connectivity index (χ0n) is 14.8. The number of nitrogens with one attached hydrogen (secondary N) is 2. The topological polar surface area (TPSA) is 68.8 Å². The maximum Gasteiger partial charge on any atom is 0.341 e. The fourth-order valence-corrected chi connectivity index (χ4v) is 3.95. The molecule has 0 spiro atoms. The van der Waals surface area contributed by atoms with Crippen LogP contribution in [0.15, 0.2) is 18.2 Å². The Morgan fingerprint density at radius 3 is 2.85 bits per heavy atom. The van der Waals surface area contributed by atoms with Crippen molar-refractivity contribution in [1.82, 2.24) is 5.32 Å². The van der Waals surface area contributed by atoms with Crippen LogP contribution < -0.4 is 20.1 Å². The summed E-state index contributed by atoms with van der Waals surface area (Å²) < 4.78 is 16.1. The number of carbonyl (C=O) groups is 1. The third-order valence-corrected chi connectivity index (χ3v) is 5.33. The van der Waals surface area contributed by atoms with Gasteiger partial charge in [0.15, 0.2) is 16.6 Å². The van der Waals surface area contributed by atoms with Crippen LogP contribution in [0.25, 0.3) is 0 Å². The molecule has 1 aromatic carbocycles. The second-order valence-corrected chi connectivity index (χ2v) is 7.26. The molecule has 2 heterocycles. The van der Waals surface area contributed by atoms with E-state index in [9.17, 15) is 4.79 Å². The Bertz CT molecular complexity index is 848. The summed E-state index contributed by atoms with van der Waals surface area (Å²) in [5.74, 6) is 1.11. The number of rotatable bonds is 5. The van der Waals surface area contributed by atoms with Crippen LogP contribution in [-0.4, -0.2) is 31.5 Å². The number of ether oxygens (including phenoxy) is 3. The highest BCUT2D eigenvalue weighted by Crippen LogP contribution is 2.37. The molecule has 0 aliphatic carbocycles. The Kier molecular flexibility index (Phi) is 5.63. The maximum absolute atomic E-state index is 12.6. The van der Waals surface area contributed by atoms with Crippen molar-refractivity contribution >= 4 is 39.6 Å². The fraction of sp³-hybridized carbons (Fsp3) is 0.333. The van der Waals surface area contributed by atoms with Crippen LogP contribution in [0, 0.1) is 6.92 Å². The molecule has 2 N–H and O–H groups in total. The highest BCUT2D eigenvalue weighted by Gasteiger charge is 2.24. The molecule has 0 bridgehead atoms. The van der Waals surface area contributed by atoms with Gasteiger partial charge in [-0.15, -0.1) is 11.3 Å². The number of thiophene rings is 1. The molecule has 6 nitrogen and oxygen atoms in total. The highest BCUT2D eigenvalue weighted by atomic mass is 32.1. The summed E-state index contributed by atoms with van der Waals surface area (Å²) in [4.78, 5) is 13.6. The summed E-state index contributed by atoms with van der Waals surface area (Å²) in [6, 6.07) is 5.81. The van der Waals surface area contributed by atoms with E-state index in [0.717, 1.165) is 27.5 Å². The second-order valence-electron chi connectivity index (χ2n) is 5.63. The summed E-state index contributed by atoms with van der Waals surface area (Å²) in [6.45, 7) is 4.33. The summed E-state index contributed by atoms with van der Waals surface area (Å²) >= 11 is 6.67. The standard InChI is InChI=1S/C18H20N2O4S2/c1-4-22-17(21)15-12(10(2)26-16(15)20-18(25)19-3)7-11-5-6-13-14(8-11)24-9-23-13/h5-6,8H,4,7,9H2,1-3H3,(H2,19,20,25). The van der Waals surface area contributed by atoms with Crippen molar-refractivity contribution < 1.29 is 19.0 Å². The van der Waals surface area contributed by atoms with Gasteiger partial charge in [-0.05, 0) is 55.7 Å². The third-order valence-electron chi connectivity index (χ3n) is 3.96. The molecule has 0 fully saturated rings. The zero-order chi connectivity index (χ0) is 18.7. The summed E-state index contributed by atoms with van der Waals surface area (Å²) in [7, 11) is 1.73. The average Bonchev–Trinajstić information content (AvgIpc) is 3.19. The van der Waals surface area contributed by atoms with Crippen molar-refractivity contribution in [2.45, 2.75) is 20.3 Å². The molecule has 0 saturated carbocycles. The van der Waals surface area contributed by atoms with E-state index in [2.05, 4.69) is 10.6 Å². The Hall–Kier alpha value is -2.32. The van der Waals surface area contributed by atoms with Crippen molar-refractivity contribution in [2.24, 2.45) is 0 Å². The predicted molar refractivity (Wildman–Crippen MR) is 106 cm³/mol. The average molecular weight is 393 g/mol. The van der Waals surface area contributed by atoms with Crippen LogP contribution >= 0.6 is 23.6 Å². The molecular weight excluding hydrogens is 372 g/mol. The van der Waals surface area contributed by atoms with E-state index in [1.807, 2.05) is 25.1 Å². The molecule has 8 heteroatoms. The fourth-order valence-electron chi connectivity index (χ4n) is 2.72. The Morgan fingerprint density at radius 2 is 2.12 bits per heavy atom. The molecule has 0 radical (unpaired) electrons. The lowest BCUT2D eigenvalue weighted by Gasteiger charge is -2.10. The monoisotopic (exact) mass is 392 g/mol. The summed E-state index contributed by atoms with van der Waals surface area (Å²) in [5.41, 5.74) is 2.49. The number of carbonyl (C=O) groups excluding carboxylic acids is 1. The molecule has 0 amide bonds. The van der Waals surface area contributed by atoms with E-state index in [4.69, 9.17) is 26.4 Å². The second kappa shape index (κ2) is 7.92. The van der Waals surface area contributed by atoms with Crippen LogP contribution in [0.4, 0.5) is 5.00 Å². The first-order chi connectivity index (χ1) is 12.5. The van der Waals surface area contributed by atoms with Crippen molar-refractivity contribution in [3.05, 3.63) is 39.8 Å². The predicted octanol–water partition coefficient (Wildman–Crippen LogP) is 3.47. The van der Waals surface area contributed by atoms with Crippen LogP contribution in [0.5, 0.6) is 11.5 Å². The Labute approximate surface area is 161 Å². The quantitative estimate of drug-likeness (QED) is 0.596. The first-order valence-electron chi connectivity index (χ1n) is 8.20. The number of hydrogen-bond acceptors (Lipinski definition) is 6. The molecule has 1 aromatic heterocycles. The Morgan fingerprint density at radius 1 is 1.35 bits per heavy atom. The van der Waals surface area contributed by atoms with Gasteiger partial charge in [0.2, 0.25) is 6.79 Å². The number of benzene rings is 1. The van der Waals surface area contributed by atoms with Gasteiger partial charge >= 0.3 is 5.97 Å². The molecule has 0 saturated heterocycles. The molecule has 26 heavy (non-hydrogen) atoms. The smallest absolute Gasteiger partial charge is 0.341 e. The van der Waals surface area contributed by atoms with Crippen LogP contribution in [-0.2, 0) is 11.2 Å². The number of aryl methyl sites for hydroxylation is 1. The van der Waals surface area contributed by atoms with Crippen molar-refractivity contribution in [1.29, 1.82) is 0 Å². The van der Waals surface area contributed by atoms with Crippen LogP contribution in [0.2, 0.25) is 0 Å². The molecule has 2 aromatic rings. The number of anilines is 1. The van der Waals surface area contributed by atoms with E-state index in [1.165, 1.54) is 11.3 Å². The van der Waals surface area contributed by atoms with Gasteiger partial charge in [-0.2, -0.15) is 0 Å². The molecule has 0 atom stereocenters. The first-order valence-corrected chi connectivity index (χ1v) is 9.42. The van der Waals surface area contributed by atoms with Gasteiger partial charge in [0.1, 0.15) is 5.00 Å². The van der Waals surface area contributed by atoms with Crippen LogP contribution in [0.1, 0.15) is 33.3 Å². The Balaban J connectivity index is 1.96. The van der Waals surface area contributed by atoms with Gasteiger partial charge in [-0.3, -0.25) is 0 Å². The number of fused-ring (bicyclic) bond motifs is 1. The first kappa shape index (κ1) is 18.5. The van der Waals surface area contributed by atoms with Crippen molar-refractivity contribution in [3.8, 4) is 11.5 Å². The summed E-state index contributed by atoms with van der Waals surface area (Å²) in [6.07, 6.45) is 0.584. The lowest BCUT2D eigenvalue weighted by atomic mass is 10.0. The molecule has 1 aliphatic heterocycles. The normalized spacial score (nSPS) is 12.0. The minimum atomic E-state index is -0.353. The minimum absolute atomic E-state index is 0.236. The van der Waals surface area contributed by atoms with E-state index in [1.54, 1.807) is 14.0 Å². The highest BCUT2D eigenvalue weighted by molar-refractivity contribution is 7.80. The van der Waals surface area contributed by atoms with Gasteiger partial charge in [-0.25, -0.2) is 4.79 Å². The van der Waals surface area contributed by atoms with Crippen molar-refractivity contribution in [3.63, 3.8) is 0 Å². The lowest BCUT2D eigenvalue weighted by Crippen LogP contribution is -2.24. The van der Waals surface area contributed by atoms with E-state index >= 15 is 0 Å². The number of thiocarbonyl (C=S) groups is 1. The van der Waals surface area contributed by atoms with Gasteiger partial charge < -0.3 is 24.8 Å². The molecule has 3 rings (SSSR count). The number of hydrogen-bond donors (Lipinski definition) is 2. The lowest BCUT2D eigenvalue weighted by molar-refractivity contribution is 0.0527. The van der Waals surface area contributed by atoms with Gasteiger partial charge in [-0.1, -0.05) is 6.07 Å². The molecule has 1 aliphatic rings. The van der Waals surface area contributed by atoms with Crippen LogP contribution in [0.3, 0.4) is 0 Å². The van der Waals surface area contributed by atoms with Gasteiger partial charge in [0.05, 0.1) is 12.2 Å².